The predicted octanol–water partition coefficient (Wildman–Crippen LogP) is 3.28. The van der Waals surface area contributed by atoms with Crippen LogP contribution in [0.2, 0.25) is 0 Å². The van der Waals surface area contributed by atoms with Crippen molar-refractivity contribution in [2.24, 2.45) is 0 Å². The van der Waals surface area contributed by atoms with Crippen molar-refractivity contribution < 1.29 is 4.39 Å². The molecule has 0 saturated heterocycles. The first-order valence-corrected chi connectivity index (χ1v) is 6.32. The van der Waals surface area contributed by atoms with Crippen molar-refractivity contribution in [3.8, 4) is 0 Å². The summed E-state index contributed by atoms with van der Waals surface area (Å²) in [5, 5.41) is 3.91. The molecule has 0 unspecified atom stereocenters. The van der Waals surface area contributed by atoms with Crippen LogP contribution < -0.4 is 10.7 Å². The van der Waals surface area contributed by atoms with Crippen molar-refractivity contribution in [2.75, 3.05) is 5.32 Å². The second-order valence-electron chi connectivity index (χ2n) is 4.58. The Morgan fingerprint density at radius 1 is 1.05 bits per heavy atom. The Balaban J connectivity index is 1.81. The molecule has 3 aromatic rings. The van der Waals surface area contributed by atoms with E-state index in [-0.39, 0.29) is 11.2 Å². The Bertz CT molecular complexity index is 793. The molecule has 3 nitrogen and oxygen atoms in total. The van der Waals surface area contributed by atoms with Crippen molar-refractivity contribution in [1.29, 1.82) is 0 Å². The molecule has 0 aliphatic heterocycles. The third-order valence-corrected chi connectivity index (χ3v) is 3.17. The molecular weight excluding hydrogens is 255 g/mol. The van der Waals surface area contributed by atoms with Crippen LogP contribution >= 0.6 is 0 Å². The molecule has 0 aliphatic rings. The summed E-state index contributed by atoms with van der Waals surface area (Å²) in [5.74, 6) is -0.239. The Labute approximate surface area is 115 Å². The van der Waals surface area contributed by atoms with Gasteiger partial charge in [-0.2, -0.15) is 0 Å². The molecule has 2 N–H and O–H groups in total. The lowest BCUT2D eigenvalue weighted by Crippen LogP contribution is -2.02. The summed E-state index contributed by atoms with van der Waals surface area (Å²) in [6.45, 7) is 0.600. The number of hydrogen-bond donors (Lipinski definition) is 2. The number of nitrogens with one attached hydrogen (secondary N) is 2. The first kappa shape index (κ1) is 12.4. The molecule has 0 radical (unpaired) electrons. The van der Waals surface area contributed by atoms with E-state index in [1.54, 1.807) is 24.4 Å². The highest BCUT2D eigenvalue weighted by molar-refractivity contribution is 5.81. The van der Waals surface area contributed by atoms with Gasteiger partial charge in [-0.05, 0) is 35.9 Å². The minimum Gasteiger partial charge on any atom is -0.381 e. The van der Waals surface area contributed by atoms with Crippen molar-refractivity contribution in [3.63, 3.8) is 0 Å². The fraction of sp³-hybridized carbons (Fsp3) is 0.0625. The first-order chi connectivity index (χ1) is 9.72. The quantitative estimate of drug-likeness (QED) is 0.765. The second kappa shape index (κ2) is 5.17. The smallest absolute Gasteiger partial charge is 0.189 e. The lowest BCUT2D eigenvalue weighted by atomic mass is 10.2. The largest absolute Gasteiger partial charge is 0.381 e. The zero-order chi connectivity index (χ0) is 13.9. The lowest BCUT2D eigenvalue weighted by Gasteiger charge is -2.07. The number of aromatic nitrogens is 1. The van der Waals surface area contributed by atoms with E-state index in [4.69, 9.17) is 0 Å². The van der Waals surface area contributed by atoms with Gasteiger partial charge in [-0.15, -0.1) is 0 Å². The molecule has 4 heteroatoms. The normalized spacial score (nSPS) is 10.7. The van der Waals surface area contributed by atoms with Crippen molar-refractivity contribution in [3.05, 3.63) is 76.3 Å². The highest BCUT2D eigenvalue weighted by Crippen LogP contribution is 2.15. The maximum absolute atomic E-state index is 12.8. The number of benzene rings is 2. The van der Waals surface area contributed by atoms with E-state index in [1.807, 2.05) is 12.1 Å². The number of rotatable bonds is 3. The summed E-state index contributed by atoms with van der Waals surface area (Å²) in [6.07, 6.45) is 1.63. The van der Waals surface area contributed by atoms with Gasteiger partial charge in [0.2, 0.25) is 0 Å². The summed E-state index contributed by atoms with van der Waals surface area (Å²) in [5.41, 5.74) is 2.70. The van der Waals surface area contributed by atoms with Crippen LogP contribution in [0.4, 0.5) is 10.1 Å². The molecule has 100 valence electrons. The summed E-state index contributed by atoms with van der Waals surface area (Å²) in [6, 6.07) is 13.4. The molecule has 0 fully saturated rings. The van der Waals surface area contributed by atoms with Crippen LogP contribution in [0.1, 0.15) is 5.56 Å². The first-order valence-electron chi connectivity index (χ1n) is 6.32. The summed E-state index contributed by atoms with van der Waals surface area (Å²) < 4.78 is 12.8. The molecule has 2 aromatic carbocycles. The number of hydrogen-bond acceptors (Lipinski definition) is 2. The number of H-pyrrole nitrogens is 1. The standard InChI is InChI=1S/C16H13FN2O/c17-12-3-1-11(2-4-12)10-19-13-5-6-14-15(9-13)18-8-7-16(14)20/h1-9,19H,10H2,(H,18,20). The van der Waals surface area contributed by atoms with E-state index in [0.29, 0.717) is 11.9 Å². The van der Waals surface area contributed by atoms with Gasteiger partial charge in [0, 0.05) is 29.9 Å². The van der Waals surface area contributed by atoms with Crippen molar-refractivity contribution in [1.82, 2.24) is 4.98 Å². The van der Waals surface area contributed by atoms with Gasteiger partial charge >= 0.3 is 0 Å². The van der Waals surface area contributed by atoms with E-state index in [1.165, 1.54) is 18.2 Å². The maximum Gasteiger partial charge on any atom is 0.189 e. The molecular formula is C16H13FN2O. The van der Waals surface area contributed by atoms with Gasteiger partial charge in [-0.3, -0.25) is 4.79 Å². The highest BCUT2D eigenvalue weighted by Gasteiger charge is 2.00. The predicted molar refractivity (Wildman–Crippen MR) is 78.3 cm³/mol. The molecule has 0 atom stereocenters. The molecule has 1 heterocycles. The van der Waals surface area contributed by atoms with Crippen LogP contribution in [0.15, 0.2) is 59.5 Å². The maximum atomic E-state index is 12.8. The fourth-order valence-electron chi connectivity index (χ4n) is 2.09. The van der Waals surface area contributed by atoms with E-state index in [2.05, 4.69) is 10.3 Å². The molecule has 0 saturated carbocycles. The Morgan fingerprint density at radius 2 is 1.85 bits per heavy atom. The minimum atomic E-state index is -0.239. The summed E-state index contributed by atoms with van der Waals surface area (Å²) in [4.78, 5) is 14.7. The Kier molecular flexibility index (Phi) is 3.21. The van der Waals surface area contributed by atoms with Gasteiger partial charge in [-0.25, -0.2) is 4.39 Å². The van der Waals surface area contributed by atoms with Crippen LogP contribution in [0.25, 0.3) is 10.9 Å². The number of aromatic amines is 1. The molecule has 0 amide bonds. The topological polar surface area (TPSA) is 44.9 Å². The monoisotopic (exact) mass is 268 g/mol. The third kappa shape index (κ3) is 2.54. The highest BCUT2D eigenvalue weighted by atomic mass is 19.1. The Hall–Kier alpha value is -2.62. The average molecular weight is 268 g/mol. The lowest BCUT2D eigenvalue weighted by molar-refractivity contribution is 0.627. The van der Waals surface area contributed by atoms with Crippen molar-refractivity contribution in [2.45, 2.75) is 6.54 Å². The molecule has 1 aromatic heterocycles. The van der Waals surface area contributed by atoms with Crippen molar-refractivity contribution >= 4 is 16.6 Å². The SMILES string of the molecule is O=c1cc[nH]c2cc(NCc3ccc(F)cc3)ccc12. The number of pyridine rings is 1. The fourth-order valence-corrected chi connectivity index (χ4v) is 2.09. The zero-order valence-electron chi connectivity index (χ0n) is 10.7. The van der Waals surface area contributed by atoms with Crippen LogP contribution in [-0.4, -0.2) is 4.98 Å². The van der Waals surface area contributed by atoms with E-state index >= 15 is 0 Å². The van der Waals surface area contributed by atoms with Gasteiger partial charge in [-0.1, -0.05) is 12.1 Å². The van der Waals surface area contributed by atoms with Crippen LogP contribution in [-0.2, 0) is 6.54 Å². The van der Waals surface area contributed by atoms with E-state index in [9.17, 15) is 9.18 Å². The molecule has 0 bridgehead atoms. The molecule has 0 aliphatic carbocycles. The van der Waals surface area contributed by atoms with Gasteiger partial charge in [0.1, 0.15) is 5.82 Å². The summed E-state index contributed by atoms with van der Waals surface area (Å²) in [7, 11) is 0. The average Bonchev–Trinajstić information content (AvgIpc) is 2.47. The van der Waals surface area contributed by atoms with Gasteiger partial charge < -0.3 is 10.3 Å². The van der Waals surface area contributed by atoms with E-state index < -0.39 is 0 Å². The molecule has 0 spiro atoms. The Morgan fingerprint density at radius 3 is 2.65 bits per heavy atom. The molecule has 20 heavy (non-hydrogen) atoms. The number of anilines is 1. The van der Waals surface area contributed by atoms with Crippen LogP contribution in [0, 0.1) is 5.82 Å². The molecule has 3 rings (SSSR count). The third-order valence-electron chi connectivity index (χ3n) is 3.17. The second-order valence-corrected chi connectivity index (χ2v) is 4.58. The van der Waals surface area contributed by atoms with Gasteiger partial charge in [0.25, 0.3) is 0 Å². The number of fused-ring (bicyclic) bond motifs is 1. The van der Waals surface area contributed by atoms with Gasteiger partial charge in [0.15, 0.2) is 5.43 Å². The zero-order valence-corrected chi connectivity index (χ0v) is 10.7. The van der Waals surface area contributed by atoms with Crippen LogP contribution in [0.3, 0.4) is 0 Å². The van der Waals surface area contributed by atoms with Gasteiger partial charge in [0.05, 0.1) is 5.52 Å². The van der Waals surface area contributed by atoms with E-state index in [0.717, 1.165) is 16.8 Å². The van der Waals surface area contributed by atoms with Crippen LogP contribution in [0.5, 0.6) is 0 Å². The number of halogens is 1. The summed E-state index contributed by atoms with van der Waals surface area (Å²) >= 11 is 0. The minimum absolute atomic E-state index is 0.00355.